The van der Waals surface area contributed by atoms with Crippen molar-refractivity contribution in [2.45, 2.75) is 77.5 Å². The van der Waals surface area contributed by atoms with Gasteiger partial charge < -0.3 is 18.9 Å². The van der Waals surface area contributed by atoms with Crippen LogP contribution in [0.5, 0.6) is 6.01 Å². The van der Waals surface area contributed by atoms with Crippen molar-refractivity contribution in [1.29, 1.82) is 0 Å². The number of amides is 1. The molecular weight excluding hydrogens is 345 g/mol. The Kier molecular flexibility index (Phi) is 5.77. The third-order valence-corrected chi connectivity index (χ3v) is 5.89. The van der Waals surface area contributed by atoms with Crippen LogP contribution in [0, 0.1) is 0 Å². The number of hydrogen-bond donors (Lipinski definition) is 0. The molecule has 148 valence electrons. The van der Waals surface area contributed by atoms with E-state index in [4.69, 9.17) is 14.0 Å². The van der Waals surface area contributed by atoms with Gasteiger partial charge in [0.1, 0.15) is 0 Å². The fourth-order valence-corrected chi connectivity index (χ4v) is 3.50. The minimum atomic E-state index is -0.476. The van der Waals surface area contributed by atoms with Gasteiger partial charge in [0.05, 0.1) is 17.8 Å². The summed E-state index contributed by atoms with van der Waals surface area (Å²) in [4.78, 5) is 22.3. The van der Waals surface area contributed by atoms with Gasteiger partial charge in [-0.15, -0.1) is 0 Å². The van der Waals surface area contributed by atoms with Crippen LogP contribution >= 0.6 is 0 Å². The average molecular weight is 375 g/mol. The predicted octanol–water partition coefficient (Wildman–Crippen LogP) is 1.95. The van der Waals surface area contributed by atoms with Gasteiger partial charge in [0.15, 0.2) is 0 Å². The molecule has 3 heterocycles. The van der Waals surface area contributed by atoms with Crippen molar-refractivity contribution in [3.63, 3.8) is 0 Å². The fraction of sp³-hybridized carbons (Fsp3) is 0.737. The zero-order valence-corrected chi connectivity index (χ0v) is 17.0. The fourth-order valence-electron chi connectivity index (χ4n) is 3.50. The van der Waals surface area contributed by atoms with E-state index in [1.165, 1.54) is 0 Å². The Morgan fingerprint density at radius 1 is 1.22 bits per heavy atom. The van der Waals surface area contributed by atoms with Crippen LogP contribution in [0.25, 0.3) is 0 Å². The van der Waals surface area contributed by atoms with Crippen LogP contribution in [0.1, 0.15) is 60.3 Å². The third kappa shape index (κ3) is 4.43. The molecule has 0 spiro atoms. The Hall–Kier alpha value is -1.67. The van der Waals surface area contributed by atoms with E-state index in [1.807, 2.05) is 32.6 Å². The zero-order valence-electron chi connectivity index (χ0n) is 17.0. The number of likely N-dealkylation sites (tertiary alicyclic amines) is 1. The quantitative estimate of drug-likeness (QED) is 0.733. The Morgan fingerprint density at radius 2 is 1.85 bits per heavy atom. The van der Waals surface area contributed by atoms with Gasteiger partial charge in [0.2, 0.25) is 5.91 Å². The molecule has 0 aromatic carbocycles. The van der Waals surface area contributed by atoms with Crippen LogP contribution in [0.3, 0.4) is 0 Å². The molecule has 1 aromatic heterocycles. The highest BCUT2D eigenvalue weighted by Crippen LogP contribution is 2.36. The highest BCUT2D eigenvalue weighted by atomic mass is 16.7. The molecule has 1 amide bonds. The molecule has 2 aliphatic rings. The van der Waals surface area contributed by atoms with Crippen LogP contribution in [0.4, 0.5) is 0 Å². The second kappa shape index (κ2) is 7.76. The summed E-state index contributed by atoms with van der Waals surface area (Å²) in [6.07, 6.45) is 7.45. The lowest BCUT2D eigenvalue weighted by Crippen LogP contribution is -2.43. The summed E-state index contributed by atoms with van der Waals surface area (Å²) in [7, 11) is -0.476. The van der Waals surface area contributed by atoms with Crippen LogP contribution in [-0.4, -0.2) is 58.3 Å². The molecule has 0 N–H and O–H groups in total. The monoisotopic (exact) mass is 375 g/mol. The molecule has 27 heavy (non-hydrogen) atoms. The molecule has 0 aliphatic carbocycles. The molecule has 0 bridgehead atoms. The van der Waals surface area contributed by atoms with Crippen molar-refractivity contribution in [2.75, 3.05) is 13.2 Å². The first-order valence-corrected chi connectivity index (χ1v) is 9.77. The molecule has 2 fully saturated rings. The number of hydrogen-bond acceptors (Lipinski definition) is 6. The lowest BCUT2D eigenvalue weighted by Gasteiger charge is -2.35. The van der Waals surface area contributed by atoms with Crippen LogP contribution in [0.2, 0.25) is 0 Å². The summed E-state index contributed by atoms with van der Waals surface area (Å²) < 4.78 is 17.7. The van der Waals surface area contributed by atoms with Crippen LogP contribution in [0.15, 0.2) is 12.4 Å². The number of piperidine rings is 1. The molecule has 8 heteroatoms. The largest absolute Gasteiger partial charge is 0.498 e. The third-order valence-electron chi connectivity index (χ3n) is 5.89. The molecule has 0 radical (unpaired) electrons. The molecule has 7 nitrogen and oxygen atoms in total. The highest BCUT2D eigenvalue weighted by Gasteiger charge is 2.51. The molecule has 2 aliphatic heterocycles. The normalized spacial score (nSPS) is 24.1. The first kappa shape index (κ1) is 20.1. The minimum absolute atomic E-state index is 0.141. The summed E-state index contributed by atoms with van der Waals surface area (Å²) in [5, 5.41) is 0. The number of rotatable bonds is 5. The number of nitrogens with zero attached hydrogens (tertiary/aromatic N) is 3. The second-order valence-corrected chi connectivity index (χ2v) is 8.39. The van der Waals surface area contributed by atoms with E-state index in [9.17, 15) is 4.79 Å². The number of carbonyl (C=O) groups is 1. The van der Waals surface area contributed by atoms with E-state index in [-0.39, 0.29) is 11.9 Å². The van der Waals surface area contributed by atoms with Gasteiger partial charge in [-0.3, -0.25) is 4.79 Å². The van der Waals surface area contributed by atoms with Crippen molar-refractivity contribution in [3.05, 3.63) is 12.4 Å². The number of aromatic nitrogens is 2. The second-order valence-electron chi connectivity index (χ2n) is 8.39. The Bertz CT molecular complexity index is 649. The summed E-state index contributed by atoms with van der Waals surface area (Å²) in [5.74, 6) is 0.141. The minimum Gasteiger partial charge on any atom is -0.463 e. The standard InChI is InChI=1S/C19H30BN3O4/c1-14(24)23-10-7-6-8-16(23)9-11-25-17-21-12-15(13-22-17)20-26-18(2,3)19(4,5)27-20/h12-13,16H,6-11H2,1-5H3/t16-/m1/s1. The van der Waals surface area contributed by atoms with Crippen molar-refractivity contribution in [3.8, 4) is 6.01 Å². The van der Waals surface area contributed by atoms with Gasteiger partial charge in [0.25, 0.3) is 0 Å². The van der Waals surface area contributed by atoms with Gasteiger partial charge in [-0.1, -0.05) is 0 Å². The van der Waals surface area contributed by atoms with E-state index in [0.717, 1.165) is 37.7 Å². The average Bonchev–Trinajstić information content (AvgIpc) is 2.83. The van der Waals surface area contributed by atoms with E-state index >= 15 is 0 Å². The van der Waals surface area contributed by atoms with E-state index in [2.05, 4.69) is 9.97 Å². The molecular formula is C19H30BN3O4. The van der Waals surface area contributed by atoms with Crippen LogP contribution in [-0.2, 0) is 14.1 Å². The van der Waals surface area contributed by atoms with Gasteiger partial charge in [-0.05, 0) is 47.0 Å². The Morgan fingerprint density at radius 3 is 2.44 bits per heavy atom. The molecule has 1 atom stereocenters. The van der Waals surface area contributed by atoms with Crippen molar-refractivity contribution in [2.24, 2.45) is 0 Å². The topological polar surface area (TPSA) is 73.8 Å². The molecule has 0 unspecified atom stereocenters. The van der Waals surface area contributed by atoms with E-state index in [0.29, 0.717) is 12.6 Å². The maximum Gasteiger partial charge on any atom is 0.498 e. The molecule has 2 saturated heterocycles. The first-order chi connectivity index (χ1) is 12.7. The summed E-state index contributed by atoms with van der Waals surface area (Å²) in [6.45, 7) is 11.0. The summed E-state index contributed by atoms with van der Waals surface area (Å²) >= 11 is 0. The lowest BCUT2D eigenvalue weighted by molar-refractivity contribution is -0.132. The predicted molar refractivity (Wildman–Crippen MR) is 103 cm³/mol. The summed E-state index contributed by atoms with van der Waals surface area (Å²) in [6, 6.07) is 0.584. The van der Waals surface area contributed by atoms with Gasteiger partial charge in [-0.25, -0.2) is 9.97 Å². The first-order valence-electron chi connectivity index (χ1n) is 9.77. The highest BCUT2D eigenvalue weighted by molar-refractivity contribution is 6.61. The van der Waals surface area contributed by atoms with Gasteiger partial charge in [-0.2, -0.15) is 0 Å². The molecule has 0 saturated carbocycles. The van der Waals surface area contributed by atoms with Gasteiger partial charge in [0, 0.05) is 43.8 Å². The maximum atomic E-state index is 11.7. The zero-order chi connectivity index (χ0) is 19.7. The van der Waals surface area contributed by atoms with Crippen molar-refractivity contribution in [1.82, 2.24) is 14.9 Å². The Balaban J connectivity index is 1.52. The number of carbonyl (C=O) groups excluding carboxylic acids is 1. The van der Waals surface area contributed by atoms with Crippen LogP contribution < -0.4 is 10.2 Å². The Labute approximate surface area is 161 Å². The van der Waals surface area contributed by atoms with E-state index < -0.39 is 18.3 Å². The van der Waals surface area contributed by atoms with E-state index in [1.54, 1.807) is 19.3 Å². The summed E-state index contributed by atoms with van der Waals surface area (Å²) in [5.41, 5.74) is -0.0128. The van der Waals surface area contributed by atoms with Crippen molar-refractivity contribution >= 4 is 18.5 Å². The smallest absolute Gasteiger partial charge is 0.463 e. The maximum absolute atomic E-state index is 11.7. The lowest BCUT2D eigenvalue weighted by atomic mass is 9.81. The number of ether oxygens (including phenoxy) is 1. The SMILES string of the molecule is CC(=O)N1CCCC[C@@H]1CCOc1ncc(B2OC(C)(C)C(C)(C)O2)cn1. The van der Waals surface area contributed by atoms with Crippen molar-refractivity contribution < 1.29 is 18.8 Å². The molecule has 1 aromatic rings. The van der Waals surface area contributed by atoms with Gasteiger partial charge >= 0.3 is 13.1 Å². The molecule has 3 rings (SSSR count).